The second kappa shape index (κ2) is 12.4. The molecular weight excluding hydrogens is 397 g/mol. The minimum Gasteiger partial charge on any atom is -0.495 e. The Kier molecular flexibility index (Phi) is 11.0. The number of anilines is 1. The van der Waals surface area contributed by atoms with E-state index in [0.717, 1.165) is 50.5 Å². The molecule has 0 aromatic heterocycles. The molecule has 1 unspecified atom stereocenters. The van der Waals surface area contributed by atoms with Crippen LogP contribution in [0.25, 0.3) is 0 Å². The number of nitrogens with one attached hydrogen (secondary N) is 2. The summed E-state index contributed by atoms with van der Waals surface area (Å²) >= 11 is 0. The zero-order chi connectivity index (χ0) is 18.4. The molecule has 2 aliphatic heterocycles. The van der Waals surface area contributed by atoms with Crippen LogP contribution < -0.4 is 20.3 Å². The van der Waals surface area contributed by atoms with Crippen molar-refractivity contribution in [2.45, 2.75) is 45.1 Å². The topological polar surface area (TPSA) is 53.6 Å². The second-order valence-electron chi connectivity index (χ2n) is 7.77. The highest BCUT2D eigenvalue weighted by Gasteiger charge is 2.25. The van der Waals surface area contributed by atoms with E-state index in [4.69, 9.17) is 4.74 Å². The highest BCUT2D eigenvalue weighted by Crippen LogP contribution is 2.30. The Labute approximate surface area is 181 Å². The molecule has 0 radical (unpaired) electrons. The predicted molar refractivity (Wildman–Crippen MR) is 120 cm³/mol. The maximum Gasteiger partial charge on any atom is 0.220 e. The first-order valence-electron chi connectivity index (χ1n) is 10.1. The van der Waals surface area contributed by atoms with E-state index in [0.29, 0.717) is 24.3 Å². The number of amides is 1. The third-order valence-electron chi connectivity index (χ3n) is 5.98. The van der Waals surface area contributed by atoms with Gasteiger partial charge in [-0.2, -0.15) is 0 Å². The minimum absolute atomic E-state index is 0. The quantitative estimate of drug-likeness (QED) is 0.721. The van der Waals surface area contributed by atoms with Crippen molar-refractivity contribution in [3.63, 3.8) is 0 Å². The summed E-state index contributed by atoms with van der Waals surface area (Å²) in [6.07, 6.45) is 5.05. The van der Waals surface area contributed by atoms with Gasteiger partial charge in [0.2, 0.25) is 5.91 Å². The maximum atomic E-state index is 12.5. The maximum absolute atomic E-state index is 12.5. The fraction of sp³-hybridized carbons (Fsp3) is 0.667. The van der Waals surface area contributed by atoms with Crippen LogP contribution >= 0.6 is 24.8 Å². The lowest BCUT2D eigenvalue weighted by atomic mass is 9.84. The van der Waals surface area contributed by atoms with Gasteiger partial charge in [0.05, 0.1) is 12.8 Å². The van der Waals surface area contributed by atoms with Gasteiger partial charge in [-0.05, 0) is 62.7 Å². The largest absolute Gasteiger partial charge is 0.495 e. The summed E-state index contributed by atoms with van der Waals surface area (Å²) in [7, 11) is 1.72. The van der Waals surface area contributed by atoms with Crippen LogP contribution in [-0.4, -0.2) is 45.2 Å². The third-order valence-corrected chi connectivity index (χ3v) is 5.98. The summed E-state index contributed by atoms with van der Waals surface area (Å²) in [5.74, 6) is 2.32. The summed E-state index contributed by atoms with van der Waals surface area (Å²) in [6, 6.07) is 8.46. The Morgan fingerprint density at radius 3 is 2.46 bits per heavy atom. The lowest BCUT2D eigenvalue weighted by Crippen LogP contribution is -2.45. The number of carbonyl (C=O) groups is 1. The number of nitrogens with zero attached hydrogens (tertiary/aromatic N) is 1. The van der Waals surface area contributed by atoms with Crippen molar-refractivity contribution in [1.29, 1.82) is 0 Å². The number of piperidine rings is 2. The van der Waals surface area contributed by atoms with E-state index in [1.54, 1.807) is 7.11 Å². The monoisotopic (exact) mass is 431 g/mol. The fourth-order valence-corrected chi connectivity index (χ4v) is 4.31. The van der Waals surface area contributed by atoms with Crippen molar-refractivity contribution in [3.8, 4) is 5.75 Å². The SMILES string of the molecule is COc1ccccc1N1CCC(NC(=O)CC(C)C2CCNCC2)CC1.Cl.Cl. The van der Waals surface area contributed by atoms with Gasteiger partial charge < -0.3 is 20.3 Å². The van der Waals surface area contributed by atoms with Crippen molar-refractivity contribution >= 4 is 36.4 Å². The van der Waals surface area contributed by atoms with Crippen molar-refractivity contribution in [2.75, 3.05) is 38.2 Å². The summed E-state index contributed by atoms with van der Waals surface area (Å²) in [4.78, 5) is 14.8. The van der Waals surface area contributed by atoms with Crippen molar-refractivity contribution in [3.05, 3.63) is 24.3 Å². The van der Waals surface area contributed by atoms with Crippen LogP contribution in [0.5, 0.6) is 5.75 Å². The Morgan fingerprint density at radius 1 is 1.18 bits per heavy atom. The smallest absolute Gasteiger partial charge is 0.220 e. The number of rotatable bonds is 6. The fourth-order valence-electron chi connectivity index (χ4n) is 4.31. The molecule has 160 valence electrons. The number of hydrogen-bond donors (Lipinski definition) is 2. The molecule has 2 fully saturated rings. The number of methoxy groups -OCH3 is 1. The molecule has 0 bridgehead atoms. The molecule has 0 saturated carbocycles. The van der Waals surface area contributed by atoms with E-state index in [-0.39, 0.29) is 30.7 Å². The summed E-state index contributed by atoms with van der Waals surface area (Å²) in [6.45, 7) is 6.33. The van der Waals surface area contributed by atoms with E-state index in [9.17, 15) is 4.79 Å². The van der Waals surface area contributed by atoms with Gasteiger partial charge >= 0.3 is 0 Å². The molecule has 1 atom stereocenters. The number of halogens is 2. The average Bonchev–Trinajstić information content (AvgIpc) is 2.69. The molecule has 2 heterocycles. The van der Waals surface area contributed by atoms with Gasteiger partial charge in [-0.25, -0.2) is 0 Å². The van der Waals surface area contributed by atoms with E-state index in [1.807, 2.05) is 18.2 Å². The van der Waals surface area contributed by atoms with Crippen LogP contribution in [0.3, 0.4) is 0 Å². The molecule has 2 saturated heterocycles. The van der Waals surface area contributed by atoms with Crippen LogP contribution in [0.15, 0.2) is 24.3 Å². The Hall–Kier alpha value is -1.17. The second-order valence-corrected chi connectivity index (χ2v) is 7.77. The van der Waals surface area contributed by atoms with Crippen LogP contribution in [0.1, 0.15) is 39.0 Å². The molecule has 1 amide bonds. The van der Waals surface area contributed by atoms with Gasteiger partial charge in [-0.1, -0.05) is 19.1 Å². The first-order chi connectivity index (χ1) is 12.7. The standard InChI is InChI=1S/C21H33N3O2.2ClH/c1-16(17-7-11-22-12-8-17)15-21(25)23-18-9-13-24(14-10-18)19-5-3-4-6-20(19)26-2;;/h3-6,16-18,22H,7-15H2,1-2H3,(H,23,25);2*1H. The van der Waals surface area contributed by atoms with Crippen molar-refractivity contribution < 1.29 is 9.53 Å². The summed E-state index contributed by atoms with van der Waals surface area (Å²) in [5.41, 5.74) is 1.15. The number of para-hydroxylation sites is 2. The molecule has 28 heavy (non-hydrogen) atoms. The molecule has 2 aliphatic rings. The van der Waals surface area contributed by atoms with Crippen LogP contribution in [0.2, 0.25) is 0 Å². The van der Waals surface area contributed by atoms with E-state index in [2.05, 4.69) is 28.5 Å². The Bertz CT molecular complexity index is 589. The van der Waals surface area contributed by atoms with Crippen molar-refractivity contribution in [2.24, 2.45) is 11.8 Å². The zero-order valence-electron chi connectivity index (χ0n) is 17.0. The molecule has 2 N–H and O–H groups in total. The van der Waals surface area contributed by atoms with Crippen LogP contribution in [0, 0.1) is 11.8 Å². The Morgan fingerprint density at radius 2 is 1.82 bits per heavy atom. The van der Waals surface area contributed by atoms with E-state index >= 15 is 0 Å². The van der Waals surface area contributed by atoms with Gasteiger partial charge in [-0.15, -0.1) is 24.8 Å². The third kappa shape index (κ3) is 6.71. The van der Waals surface area contributed by atoms with Gasteiger partial charge in [-0.3, -0.25) is 4.79 Å². The van der Waals surface area contributed by atoms with Crippen LogP contribution in [-0.2, 0) is 4.79 Å². The van der Waals surface area contributed by atoms with E-state index in [1.165, 1.54) is 12.8 Å². The molecule has 0 spiro atoms. The first-order valence-corrected chi connectivity index (χ1v) is 10.1. The normalized spacial score (nSPS) is 19.1. The lowest BCUT2D eigenvalue weighted by molar-refractivity contribution is -0.123. The average molecular weight is 432 g/mol. The summed E-state index contributed by atoms with van der Waals surface area (Å²) < 4.78 is 5.48. The number of benzene rings is 1. The minimum atomic E-state index is 0. The zero-order valence-corrected chi connectivity index (χ0v) is 18.6. The molecule has 5 nitrogen and oxygen atoms in total. The van der Waals surface area contributed by atoms with Gasteiger partial charge in [0.15, 0.2) is 0 Å². The van der Waals surface area contributed by atoms with Gasteiger partial charge in [0, 0.05) is 25.6 Å². The number of carbonyl (C=O) groups excluding carboxylic acids is 1. The molecule has 1 aromatic carbocycles. The van der Waals surface area contributed by atoms with E-state index < -0.39 is 0 Å². The lowest BCUT2D eigenvalue weighted by Gasteiger charge is -2.35. The van der Waals surface area contributed by atoms with Crippen LogP contribution in [0.4, 0.5) is 5.69 Å². The number of ether oxygens (including phenoxy) is 1. The van der Waals surface area contributed by atoms with Gasteiger partial charge in [0.1, 0.15) is 5.75 Å². The first kappa shape index (κ1) is 24.9. The number of hydrogen-bond acceptors (Lipinski definition) is 4. The highest BCUT2D eigenvalue weighted by atomic mass is 35.5. The molecule has 1 aromatic rings. The highest BCUT2D eigenvalue weighted by molar-refractivity contribution is 5.85. The molecule has 7 heteroatoms. The molecular formula is C21H35Cl2N3O2. The Balaban J connectivity index is 0.00000196. The predicted octanol–water partition coefficient (Wildman–Crippen LogP) is 3.65. The van der Waals surface area contributed by atoms with Crippen molar-refractivity contribution in [1.82, 2.24) is 10.6 Å². The molecule has 3 rings (SSSR count). The molecule has 0 aliphatic carbocycles. The van der Waals surface area contributed by atoms with Gasteiger partial charge in [0.25, 0.3) is 0 Å². The summed E-state index contributed by atoms with van der Waals surface area (Å²) in [5, 5.41) is 6.68.